The number of rotatable bonds is 6. The molecule has 0 saturated carbocycles. The minimum absolute atomic E-state index is 0.0151. The maximum absolute atomic E-state index is 13.0. The van der Waals surface area contributed by atoms with Crippen LogP contribution in [0.2, 0.25) is 0 Å². The number of anilines is 1. The van der Waals surface area contributed by atoms with Gasteiger partial charge in [-0.25, -0.2) is 18.4 Å². The van der Waals surface area contributed by atoms with Crippen molar-refractivity contribution in [3.8, 4) is 11.5 Å². The molecule has 1 fully saturated rings. The van der Waals surface area contributed by atoms with Crippen LogP contribution in [-0.2, 0) is 15.8 Å². The molecule has 164 valence electrons. The largest absolute Gasteiger partial charge is 0.493 e. The maximum Gasteiger partial charge on any atom is 0.218 e. The number of sulfonamides is 1. The molecule has 1 saturated heterocycles. The molecular weight excluding hydrogens is 416 g/mol. The molecule has 9 heteroatoms. The van der Waals surface area contributed by atoms with Crippen molar-refractivity contribution < 1.29 is 17.9 Å². The van der Waals surface area contributed by atoms with Gasteiger partial charge in [-0.2, -0.15) is 4.31 Å². The molecule has 1 aromatic heterocycles. The van der Waals surface area contributed by atoms with Gasteiger partial charge in [-0.1, -0.05) is 30.3 Å². The second-order valence-corrected chi connectivity index (χ2v) is 9.37. The molecule has 1 aliphatic heterocycles. The molecule has 4 rings (SSSR count). The van der Waals surface area contributed by atoms with E-state index >= 15 is 0 Å². The van der Waals surface area contributed by atoms with Gasteiger partial charge in [-0.3, -0.25) is 0 Å². The molecule has 0 unspecified atom stereocenters. The van der Waals surface area contributed by atoms with E-state index in [-0.39, 0.29) is 5.75 Å². The van der Waals surface area contributed by atoms with Gasteiger partial charge in [0.05, 0.1) is 25.5 Å². The zero-order valence-electron chi connectivity index (χ0n) is 17.7. The van der Waals surface area contributed by atoms with Crippen molar-refractivity contribution in [3.63, 3.8) is 0 Å². The third-order valence-corrected chi connectivity index (χ3v) is 7.31. The van der Waals surface area contributed by atoms with E-state index in [4.69, 9.17) is 9.47 Å². The van der Waals surface area contributed by atoms with Crippen molar-refractivity contribution in [2.75, 3.05) is 45.3 Å². The summed E-state index contributed by atoms with van der Waals surface area (Å²) in [5, 5.41) is 0.848. The van der Waals surface area contributed by atoms with Gasteiger partial charge in [0.2, 0.25) is 10.0 Å². The van der Waals surface area contributed by atoms with Gasteiger partial charge in [0.1, 0.15) is 12.1 Å². The van der Waals surface area contributed by atoms with Crippen LogP contribution in [0.4, 0.5) is 5.82 Å². The molecule has 0 radical (unpaired) electrons. The van der Waals surface area contributed by atoms with Crippen molar-refractivity contribution in [1.82, 2.24) is 14.3 Å². The van der Waals surface area contributed by atoms with Crippen molar-refractivity contribution in [2.45, 2.75) is 12.2 Å². The van der Waals surface area contributed by atoms with Crippen molar-refractivity contribution >= 4 is 26.7 Å². The summed E-state index contributed by atoms with van der Waals surface area (Å²) in [5.41, 5.74) is 1.55. The van der Waals surface area contributed by atoms with Gasteiger partial charge in [0.25, 0.3) is 0 Å². The van der Waals surface area contributed by atoms with Gasteiger partial charge >= 0.3 is 0 Å². The van der Waals surface area contributed by atoms with Crippen LogP contribution in [0.15, 0.2) is 48.8 Å². The fourth-order valence-corrected chi connectivity index (χ4v) is 5.44. The summed E-state index contributed by atoms with van der Waals surface area (Å²) in [5.74, 6) is 2.00. The number of methoxy groups -OCH3 is 2. The predicted octanol–water partition coefficient (Wildman–Crippen LogP) is 2.69. The highest BCUT2D eigenvalue weighted by Gasteiger charge is 2.26. The summed E-state index contributed by atoms with van der Waals surface area (Å²) in [4.78, 5) is 11.0. The van der Waals surface area contributed by atoms with Gasteiger partial charge < -0.3 is 14.4 Å². The topological polar surface area (TPSA) is 84.9 Å². The molecule has 2 heterocycles. The van der Waals surface area contributed by atoms with Gasteiger partial charge in [-0.05, 0) is 18.1 Å². The molecule has 0 N–H and O–H groups in total. The van der Waals surface area contributed by atoms with Crippen LogP contribution >= 0.6 is 0 Å². The molecule has 2 aromatic carbocycles. The third-order valence-electron chi connectivity index (χ3n) is 5.46. The molecule has 8 nitrogen and oxygen atoms in total. The number of aromatic nitrogens is 2. The monoisotopic (exact) mass is 442 g/mol. The number of benzene rings is 2. The lowest BCUT2D eigenvalue weighted by atomic mass is 10.2. The molecule has 0 aliphatic carbocycles. The Morgan fingerprint density at radius 2 is 1.68 bits per heavy atom. The minimum atomic E-state index is -3.39. The Bertz CT molecular complexity index is 1150. The average molecular weight is 443 g/mol. The van der Waals surface area contributed by atoms with E-state index in [1.54, 1.807) is 18.5 Å². The first-order chi connectivity index (χ1) is 15.0. The van der Waals surface area contributed by atoms with Gasteiger partial charge in [-0.15, -0.1) is 0 Å². The Labute approximate surface area is 182 Å². The highest BCUT2D eigenvalue weighted by molar-refractivity contribution is 7.88. The second kappa shape index (κ2) is 9.07. The number of hydrogen-bond acceptors (Lipinski definition) is 7. The summed E-state index contributed by atoms with van der Waals surface area (Å²) in [7, 11) is -0.210. The highest BCUT2D eigenvalue weighted by Crippen LogP contribution is 2.35. The highest BCUT2D eigenvalue weighted by atomic mass is 32.2. The first-order valence-electron chi connectivity index (χ1n) is 10.2. The zero-order chi connectivity index (χ0) is 21.8. The molecule has 3 aromatic rings. The third kappa shape index (κ3) is 4.57. The molecule has 0 atom stereocenters. The van der Waals surface area contributed by atoms with Crippen molar-refractivity contribution in [1.29, 1.82) is 0 Å². The summed E-state index contributed by atoms with van der Waals surface area (Å²) < 4.78 is 38.3. The number of hydrogen-bond donors (Lipinski definition) is 0. The molecule has 31 heavy (non-hydrogen) atoms. The molecular formula is C22H26N4O4S. The minimum Gasteiger partial charge on any atom is -0.493 e. The summed E-state index contributed by atoms with van der Waals surface area (Å²) in [6.07, 6.45) is 2.24. The van der Waals surface area contributed by atoms with E-state index in [0.29, 0.717) is 44.1 Å². The molecule has 1 aliphatic rings. The summed E-state index contributed by atoms with van der Waals surface area (Å²) in [6, 6.07) is 13.0. The first-order valence-corrected chi connectivity index (χ1v) is 11.8. The van der Waals surface area contributed by atoms with Crippen molar-refractivity contribution in [3.05, 3.63) is 54.4 Å². The van der Waals surface area contributed by atoms with Gasteiger partial charge in [0, 0.05) is 37.6 Å². The smallest absolute Gasteiger partial charge is 0.218 e. The molecule has 0 bridgehead atoms. The van der Waals surface area contributed by atoms with Gasteiger partial charge in [0.15, 0.2) is 11.5 Å². The zero-order valence-corrected chi connectivity index (χ0v) is 18.5. The quantitative estimate of drug-likeness (QED) is 0.580. The second-order valence-electron chi connectivity index (χ2n) is 7.40. The number of fused-ring (bicyclic) bond motifs is 1. The van der Waals surface area contributed by atoms with Crippen LogP contribution in [0.25, 0.3) is 10.9 Å². The van der Waals surface area contributed by atoms with Crippen LogP contribution in [-0.4, -0.2) is 63.1 Å². The van der Waals surface area contributed by atoms with Crippen molar-refractivity contribution in [2.24, 2.45) is 0 Å². The Kier molecular flexibility index (Phi) is 6.24. The Morgan fingerprint density at radius 3 is 2.42 bits per heavy atom. The Morgan fingerprint density at radius 1 is 0.935 bits per heavy atom. The van der Waals surface area contributed by atoms with Crippen LogP contribution in [0, 0.1) is 0 Å². The predicted molar refractivity (Wildman–Crippen MR) is 120 cm³/mol. The summed E-state index contributed by atoms with van der Waals surface area (Å²) >= 11 is 0. The SMILES string of the molecule is COc1cc2ncnc(N3CCCN(S(=O)(=O)Cc4ccccc4)CC3)c2cc1OC. The van der Waals surface area contributed by atoms with Crippen LogP contribution in [0.3, 0.4) is 0 Å². The van der Waals surface area contributed by atoms with E-state index in [0.717, 1.165) is 22.3 Å². The van der Waals surface area contributed by atoms with E-state index < -0.39 is 10.0 Å². The van der Waals surface area contributed by atoms with E-state index in [1.807, 2.05) is 42.5 Å². The van der Waals surface area contributed by atoms with E-state index in [9.17, 15) is 8.42 Å². The normalized spacial score (nSPS) is 15.6. The summed E-state index contributed by atoms with van der Waals surface area (Å²) in [6.45, 7) is 2.16. The lowest BCUT2D eigenvalue weighted by Gasteiger charge is -2.24. The number of ether oxygens (including phenoxy) is 2. The van der Waals surface area contributed by atoms with Crippen LogP contribution in [0.1, 0.15) is 12.0 Å². The fourth-order valence-electron chi connectivity index (χ4n) is 3.88. The first kappa shape index (κ1) is 21.3. The van der Waals surface area contributed by atoms with Crippen LogP contribution < -0.4 is 14.4 Å². The standard InChI is InChI=1S/C22H26N4O4S/c1-29-20-13-18-19(14-21(20)30-2)23-16-24-22(18)25-9-6-10-26(12-11-25)31(27,28)15-17-7-4-3-5-8-17/h3-5,7-8,13-14,16H,6,9-12,15H2,1-2H3. The van der Waals surface area contributed by atoms with Crippen LogP contribution in [0.5, 0.6) is 11.5 Å². The van der Waals surface area contributed by atoms with E-state index in [2.05, 4.69) is 14.9 Å². The number of nitrogens with zero attached hydrogens (tertiary/aromatic N) is 4. The lowest BCUT2D eigenvalue weighted by molar-refractivity contribution is 0.356. The Hall–Kier alpha value is -2.91. The fraction of sp³-hybridized carbons (Fsp3) is 0.364. The van der Waals surface area contributed by atoms with E-state index in [1.165, 1.54) is 6.33 Å². The molecule has 0 spiro atoms. The lowest BCUT2D eigenvalue weighted by Crippen LogP contribution is -2.36. The Balaban J connectivity index is 1.57. The maximum atomic E-state index is 13.0. The molecule has 0 amide bonds. The average Bonchev–Trinajstić information content (AvgIpc) is 3.05.